The molecule has 0 aromatic heterocycles. The summed E-state index contributed by atoms with van der Waals surface area (Å²) in [6.07, 6.45) is 2.07. The largest absolute Gasteiger partial charge is 0.462 e. The molecule has 144 valence electrons. The van der Waals surface area contributed by atoms with E-state index in [1.165, 1.54) is 10.5 Å². The van der Waals surface area contributed by atoms with E-state index in [4.69, 9.17) is 9.47 Å². The van der Waals surface area contributed by atoms with Gasteiger partial charge in [0.1, 0.15) is 0 Å². The molecule has 6 heteroatoms. The van der Waals surface area contributed by atoms with Gasteiger partial charge in [0.2, 0.25) is 0 Å². The zero-order chi connectivity index (χ0) is 19.1. The Morgan fingerprint density at radius 1 is 1.19 bits per heavy atom. The first-order valence-corrected chi connectivity index (χ1v) is 10.4. The van der Waals surface area contributed by atoms with Gasteiger partial charge in [-0.15, -0.1) is 11.8 Å². The topological polar surface area (TPSA) is 50.8 Å². The van der Waals surface area contributed by atoms with Gasteiger partial charge in [0, 0.05) is 30.2 Å². The molecule has 0 saturated carbocycles. The van der Waals surface area contributed by atoms with Gasteiger partial charge in [0.15, 0.2) is 0 Å². The van der Waals surface area contributed by atoms with E-state index in [2.05, 4.69) is 40.7 Å². The van der Waals surface area contributed by atoms with Crippen LogP contribution < -0.4 is 10.2 Å². The molecule has 1 fully saturated rings. The number of hydrogen-bond donors (Lipinski definition) is 1. The number of anilines is 2. The number of carbonyl (C=O) groups is 1. The van der Waals surface area contributed by atoms with E-state index in [9.17, 15) is 4.79 Å². The molecule has 0 atom stereocenters. The molecule has 0 aliphatic carbocycles. The van der Waals surface area contributed by atoms with Crippen LogP contribution in [0.3, 0.4) is 0 Å². The summed E-state index contributed by atoms with van der Waals surface area (Å²) in [5.74, 6) is -0.285. The highest BCUT2D eigenvalue weighted by Crippen LogP contribution is 2.26. The van der Waals surface area contributed by atoms with Crippen LogP contribution in [0.15, 0.2) is 47.4 Å². The molecule has 27 heavy (non-hydrogen) atoms. The van der Waals surface area contributed by atoms with Gasteiger partial charge in [-0.25, -0.2) is 4.79 Å². The van der Waals surface area contributed by atoms with Crippen molar-refractivity contribution in [1.82, 2.24) is 0 Å². The second-order valence-electron chi connectivity index (χ2n) is 6.25. The van der Waals surface area contributed by atoms with Crippen molar-refractivity contribution < 1.29 is 14.3 Å². The Kier molecular flexibility index (Phi) is 7.01. The van der Waals surface area contributed by atoms with Crippen LogP contribution >= 0.6 is 11.8 Å². The van der Waals surface area contributed by atoms with Gasteiger partial charge in [-0.3, -0.25) is 0 Å². The lowest BCUT2D eigenvalue weighted by Gasteiger charge is -2.30. The number of morpholine rings is 1. The zero-order valence-electron chi connectivity index (χ0n) is 15.9. The number of benzene rings is 2. The van der Waals surface area contributed by atoms with Crippen molar-refractivity contribution in [3.63, 3.8) is 0 Å². The standard InChI is InChI=1S/C21H26N2O3S/c1-3-26-21(24)19-14-17(6-9-20(19)23-10-12-25-13-11-23)22-15-16-4-7-18(27-2)8-5-16/h4-9,14,22H,3,10-13,15H2,1-2H3. The number of esters is 1. The molecule has 1 aliphatic heterocycles. The lowest BCUT2D eigenvalue weighted by Crippen LogP contribution is -2.37. The van der Waals surface area contributed by atoms with Crippen LogP contribution in [0.2, 0.25) is 0 Å². The van der Waals surface area contributed by atoms with Crippen molar-refractivity contribution >= 4 is 29.1 Å². The minimum absolute atomic E-state index is 0.285. The summed E-state index contributed by atoms with van der Waals surface area (Å²) in [6.45, 7) is 5.80. The Morgan fingerprint density at radius 2 is 1.93 bits per heavy atom. The predicted octanol–water partition coefficient (Wildman–Crippen LogP) is 4.03. The van der Waals surface area contributed by atoms with Crippen molar-refractivity contribution in [3.8, 4) is 0 Å². The first kappa shape index (κ1) is 19.6. The Balaban J connectivity index is 1.76. The Hall–Kier alpha value is -2.18. The van der Waals surface area contributed by atoms with Crippen molar-refractivity contribution in [2.75, 3.05) is 49.4 Å². The summed E-state index contributed by atoms with van der Waals surface area (Å²) in [7, 11) is 0. The molecule has 1 aliphatic rings. The lowest BCUT2D eigenvalue weighted by atomic mass is 10.1. The van der Waals surface area contributed by atoms with Gasteiger partial charge in [-0.2, -0.15) is 0 Å². The van der Waals surface area contributed by atoms with E-state index in [0.29, 0.717) is 31.9 Å². The SMILES string of the molecule is CCOC(=O)c1cc(NCc2ccc(SC)cc2)ccc1N1CCOCC1. The van der Waals surface area contributed by atoms with E-state index in [0.717, 1.165) is 24.5 Å². The highest BCUT2D eigenvalue weighted by Gasteiger charge is 2.20. The molecule has 0 unspecified atom stereocenters. The van der Waals surface area contributed by atoms with E-state index in [1.807, 2.05) is 25.1 Å². The Morgan fingerprint density at radius 3 is 2.59 bits per heavy atom. The summed E-state index contributed by atoms with van der Waals surface area (Å²) >= 11 is 1.73. The molecule has 0 bridgehead atoms. The zero-order valence-corrected chi connectivity index (χ0v) is 16.7. The van der Waals surface area contributed by atoms with Crippen molar-refractivity contribution in [1.29, 1.82) is 0 Å². The first-order chi connectivity index (χ1) is 13.2. The second-order valence-corrected chi connectivity index (χ2v) is 7.13. The molecule has 1 saturated heterocycles. The van der Waals surface area contributed by atoms with Crippen LogP contribution in [0.25, 0.3) is 0 Å². The number of rotatable bonds is 7. The average Bonchev–Trinajstić information content (AvgIpc) is 2.73. The molecular weight excluding hydrogens is 360 g/mol. The summed E-state index contributed by atoms with van der Waals surface area (Å²) in [5, 5.41) is 3.41. The number of ether oxygens (including phenoxy) is 2. The van der Waals surface area contributed by atoms with Crippen LogP contribution in [0, 0.1) is 0 Å². The molecule has 1 N–H and O–H groups in total. The van der Waals surface area contributed by atoms with E-state index in [-0.39, 0.29) is 5.97 Å². The molecular formula is C21H26N2O3S. The average molecular weight is 387 g/mol. The third-order valence-electron chi connectivity index (χ3n) is 4.50. The molecule has 1 heterocycles. The molecule has 0 amide bonds. The summed E-state index contributed by atoms with van der Waals surface area (Å²) in [4.78, 5) is 15.9. The van der Waals surface area contributed by atoms with E-state index < -0.39 is 0 Å². The molecule has 0 spiro atoms. The minimum Gasteiger partial charge on any atom is -0.462 e. The van der Waals surface area contributed by atoms with E-state index >= 15 is 0 Å². The van der Waals surface area contributed by atoms with Crippen molar-refractivity contribution in [2.24, 2.45) is 0 Å². The first-order valence-electron chi connectivity index (χ1n) is 9.22. The third kappa shape index (κ3) is 5.17. The van der Waals surface area contributed by atoms with Gasteiger partial charge in [-0.05, 0) is 49.1 Å². The summed E-state index contributed by atoms with van der Waals surface area (Å²) < 4.78 is 10.7. The number of thioether (sulfide) groups is 1. The maximum atomic E-state index is 12.5. The van der Waals surface area contributed by atoms with Gasteiger partial charge in [0.05, 0.1) is 31.1 Å². The number of nitrogens with zero attached hydrogens (tertiary/aromatic N) is 1. The maximum absolute atomic E-state index is 12.5. The van der Waals surface area contributed by atoms with Crippen LogP contribution in [-0.2, 0) is 16.0 Å². The maximum Gasteiger partial charge on any atom is 0.340 e. The van der Waals surface area contributed by atoms with Gasteiger partial charge in [0.25, 0.3) is 0 Å². The highest BCUT2D eigenvalue weighted by molar-refractivity contribution is 7.98. The molecule has 3 rings (SSSR count). The molecule has 2 aromatic rings. The Labute approximate surface area is 165 Å². The van der Waals surface area contributed by atoms with Crippen LogP contribution in [0.5, 0.6) is 0 Å². The summed E-state index contributed by atoms with van der Waals surface area (Å²) in [6, 6.07) is 14.4. The smallest absolute Gasteiger partial charge is 0.340 e. The normalized spacial score (nSPS) is 14.1. The fourth-order valence-corrected chi connectivity index (χ4v) is 3.45. The predicted molar refractivity (Wildman–Crippen MR) is 111 cm³/mol. The number of nitrogens with one attached hydrogen (secondary N) is 1. The quantitative estimate of drug-likeness (QED) is 0.573. The van der Waals surface area contributed by atoms with Gasteiger partial charge in [-0.1, -0.05) is 12.1 Å². The van der Waals surface area contributed by atoms with Crippen LogP contribution in [-0.4, -0.2) is 45.1 Å². The fraction of sp³-hybridized carbons (Fsp3) is 0.381. The van der Waals surface area contributed by atoms with E-state index in [1.54, 1.807) is 11.8 Å². The van der Waals surface area contributed by atoms with Crippen LogP contribution in [0.1, 0.15) is 22.8 Å². The van der Waals surface area contributed by atoms with Crippen molar-refractivity contribution in [2.45, 2.75) is 18.4 Å². The third-order valence-corrected chi connectivity index (χ3v) is 5.24. The van der Waals surface area contributed by atoms with Crippen LogP contribution in [0.4, 0.5) is 11.4 Å². The monoisotopic (exact) mass is 386 g/mol. The lowest BCUT2D eigenvalue weighted by molar-refractivity contribution is 0.0526. The molecule has 2 aromatic carbocycles. The minimum atomic E-state index is -0.285. The Bertz CT molecular complexity index is 759. The fourth-order valence-electron chi connectivity index (χ4n) is 3.05. The second kappa shape index (κ2) is 9.67. The van der Waals surface area contributed by atoms with Crippen molar-refractivity contribution in [3.05, 3.63) is 53.6 Å². The number of carbonyl (C=O) groups excluding carboxylic acids is 1. The summed E-state index contributed by atoms with van der Waals surface area (Å²) in [5.41, 5.74) is 3.61. The van der Waals surface area contributed by atoms with Gasteiger partial charge < -0.3 is 19.7 Å². The number of hydrogen-bond acceptors (Lipinski definition) is 6. The molecule has 0 radical (unpaired) electrons. The van der Waals surface area contributed by atoms with Gasteiger partial charge >= 0.3 is 5.97 Å². The highest BCUT2D eigenvalue weighted by atomic mass is 32.2. The molecule has 5 nitrogen and oxygen atoms in total.